The second kappa shape index (κ2) is 7.03. The predicted octanol–water partition coefficient (Wildman–Crippen LogP) is -0.782. The maximum Gasteiger partial charge on any atom is 0.345 e. The van der Waals surface area contributed by atoms with Crippen molar-refractivity contribution in [1.29, 1.82) is 0 Å². The lowest BCUT2D eigenvalue weighted by atomic mass is 9.95. The van der Waals surface area contributed by atoms with Gasteiger partial charge in [-0.2, -0.15) is 0 Å². The number of rotatable bonds is 5. The fourth-order valence-electron chi connectivity index (χ4n) is 1.96. The number of carbonyl (C=O) groups is 4. The van der Waals surface area contributed by atoms with Gasteiger partial charge < -0.3 is 24.1 Å². The molecule has 1 aliphatic heterocycles. The third kappa shape index (κ3) is 3.61. The van der Waals surface area contributed by atoms with Crippen LogP contribution in [-0.2, 0) is 38.1 Å². The van der Waals surface area contributed by atoms with Crippen LogP contribution < -0.4 is 0 Å². The monoisotopic (exact) mass is 316 g/mol. The van der Waals surface area contributed by atoms with Gasteiger partial charge in [0.05, 0.1) is 34.2 Å². The zero-order valence-corrected chi connectivity index (χ0v) is 12.3. The van der Waals surface area contributed by atoms with E-state index in [0.29, 0.717) is 0 Å². The Morgan fingerprint density at radius 2 is 1.68 bits per heavy atom. The Hall–Kier alpha value is -2.42. The Morgan fingerprint density at radius 3 is 2.14 bits per heavy atom. The number of hydrogen-bond donors (Lipinski definition) is 1. The molecule has 0 aromatic heterocycles. The van der Waals surface area contributed by atoms with Crippen LogP contribution in [0.2, 0.25) is 0 Å². The van der Waals surface area contributed by atoms with Crippen LogP contribution in [0.25, 0.3) is 0 Å². The lowest BCUT2D eigenvalue weighted by Crippen LogP contribution is -2.34. The van der Waals surface area contributed by atoms with Crippen LogP contribution in [0, 0.1) is 0 Å². The van der Waals surface area contributed by atoms with Gasteiger partial charge in [0.1, 0.15) is 0 Å². The Balaban J connectivity index is 3.26. The predicted molar refractivity (Wildman–Crippen MR) is 68.0 cm³/mol. The molecular formula is C13H16O9. The fraction of sp³-hybridized carbons (Fsp3) is 0.538. The molecule has 9 heteroatoms. The molecule has 22 heavy (non-hydrogen) atoms. The molecule has 1 fully saturated rings. The van der Waals surface area contributed by atoms with Crippen molar-refractivity contribution in [3.63, 3.8) is 0 Å². The van der Waals surface area contributed by atoms with Crippen LogP contribution in [-0.4, -0.2) is 56.1 Å². The molecule has 1 N–H and O–H groups in total. The molecule has 1 rings (SSSR count). The van der Waals surface area contributed by atoms with Crippen LogP contribution in [0.1, 0.15) is 19.3 Å². The summed E-state index contributed by atoms with van der Waals surface area (Å²) in [7, 11) is 3.20. The number of hydrogen-bond acceptors (Lipinski definition) is 9. The summed E-state index contributed by atoms with van der Waals surface area (Å²) >= 11 is 0. The van der Waals surface area contributed by atoms with Gasteiger partial charge in [0.25, 0.3) is 0 Å². The van der Waals surface area contributed by atoms with E-state index in [9.17, 15) is 24.3 Å². The lowest BCUT2D eigenvalue weighted by molar-refractivity contribution is -0.183. The van der Waals surface area contributed by atoms with Crippen LogP contribution in [0.5, 0.6) is 0 Å². The van der Waals surface area contributed by atoms with Crippen molar-refractivity contribution >= 4 is 23.9 Å². The smallest absolute Gasteiger partial charge is 0.345 e. The Morgan fingerprint density at radius 1 is 1.14 bits per heavy atom. The van der Waals surface area contributed by atoms with Gasteiger partial charge >= 0.3 is 23.9 Å². The van der Waals surface area contributed by atoms with Gasteiger partial charge in [-0.3, -0.25) is 9.59 Å². The van der Waals surface area contributed by atoms with Gasteiger partial charge in [-0.25, -0.2) is 9.59 Å². The van der Waals surface area contributed by atoms with E-state index in [2.05, 4.69) is 14.2 Å². The van der Waals surface area contributed by atoms with E-state index in [1.807, 2.05) is 0 Å². The first-order valence-electron chi connectivity index (χ1n) is 6.20. The molecular weight excluding hydrogens is 300 g/mol. The molecule has 0 amide bonds. The van der Waals surface area contributed by atoms with E-state index in [0.717, 1.165) is 21.3 Å². The third-order valence-corrected chi connectivity index (χ3v) is 3.05. The van der Waals surface area contributed by atoms with E-state index >= 15 is 0 Å². The second-order valence-corrected chi connectivity index (χ2v) is 4.35. The number of ether oxygens (including phenoxy) is 4. The maximum absolute atomic E-state index is 11.7. The summed E-state index contributed by atoms with van der Waals surface area (Å²) in [4.78, 5) is 46.1. The average molecular weight is 316 g/mol. The van der Waals surface area contributed by atoms with Crippen LogP contribution in [0.3, 0.4) is 0 Å². The molecule has 1 aliphatic rings. The molecule has 1 atom stereocenters. The van der Waals surface area contributed by atoms with Crippen molar-refractivity contribution < 1.29 is 43.2 Å². The van der Waals surface area contributed by atoms with E-state index in [4.69, 9.17) is 4.74 Å². The topological polar surface area (TPSA) is 125 Å². The van der Waals surface area contributed by atoms with Crippen molar-refractivity contribution in [3.8, 4) is 0 Å². The van der Waals surface area contributed by atoms with Crippen molar-refractivity contribution in [2.75, 3.05) is 21.3 Å². The van der Waals surface area contributed by atoms with Gasteiger partial charge in [0, 0.05) is 12.0 Å². The molecule has 0 radical (unpaired) electrons. The van der Waals surface area contributed by atoms with E-state index in [1.54, 1.807) is 0 Å². The molecule has 0 bridgehead atoms. The number of aliphatic hydroxyl groups is 1. The van der Waals surface area contributed by atoms with Crippen LogP contribution in [0.15, 0.2) is 11.1 Å². The quantitative estimate of drug-likeness (QED) is 0.228. The summed E-state index contributed by atoms with van der Waals surface area (Å²) in [5.41, 5.74) is -0.941. The van der Waals surface area contributed by atoms with E-state index < -0.39 is 41.7 Å². The molecule has 1 heterocycles. The van der Waals surface area contributed by atoms with Crippen molar-refractivity contribution in [2.24, 2.45) is 0 Å². The van der Waals surface area contributed by atoms with Gasteiger partial charge in [-0.05, 0) is 0 Å². The molecule has 122 valence electrons. The Bertz CT molecular complexity index is 516. The van der Waals surface area contributed by atoms with Crippen molar-refractivity contribution in [3.05, 3.63) is 11.1 Å². The minimum absolute atomic E-state index is 0.292. The minimum Gasteiger partial charge on any atom is -0.469 e. The zero-order chi connectivity index (χ0) is 16.9. The van der Waals surface area contributed by atoms with Crippen LogP contribution in [0.4, 0.5) is 0 Å². The second-order valence-electron chi connectivity index (χ2n) is 4.35. The van der Waals surface area contributed by atoms with Crippen molar-refractivity contribution in [2.45, 2.75) is 25.0 Å². The molecule has 0 saturated carbocycles. The average Bonchev–Trinajstić information content (AvgIpc) is 2.79. The Labute approximate surface area is 125 Å². The number of esters is 4. The summed E-state index contributed by atoms with van der Waals surface area (Å²) in [5.74, 6) is -5.96. The molecule has 1 saturated heterocycles. The molecule has 0 unspecified atom stereocenters. The normalized spacial score (nSPS) is 20.2. The number of carbonyl (C=O) groups excluding carboxylic acids is 4. The zero-order valence-electron chi connectivity index (χ0n) is 12.3. The van der Waals surface area contributed by atoms with E-state index in [-0.39, 0.29) is 18.4 Å². The highest BCUT2D eigenvalue weighted by molar-refractivity contribution is 6.15. The van der Waals surface area contributed by atoms with Crippen LogP contribution >= 0.6 is 0 Å². The first-order chi connectivity index (χ1) is 10.3. The number of methoxy groups -OCH3 is 3. The lowest BCUT2D eigenvalue weighted by Gasteiger charge is -2.23. The molecule has 0 aromatic carbocycles. The molecule has 9 nitrogen and oxygen atoms in total. The summed E-state index contributed by atoms with van der Waals surface area (Å²) in [6.45, 7) is 0. The standard InChI is InChI=1S/C13H16O9/c1-19-8(14)4-5-13(18)7(6-9(15)22-13)10(11(16)20-2)12(17)21-3/h18H,4-6H2,1-3H3/t13-/m0/s1. The maximum atomic E-state index is 11.7. The number of cyclic esters (lactones) is 1. The summed E-state index contributed by atoms with van der Waals surface area (Å²) in [6.07, 6.45) is -1.17. The molecule has 0 spiro atoms. The van der Waals surface area contributed by atoms with Crippen molar-refractivity contribution in [1.82, 2.24) is 0 Å². The van der Waals surface area contributed by atoms with Gasteiger partial charge in [-0.1, -0.05) is 0 Å². The molecule has 0 aromatic rings. The van der Waals surface area contributed by atoms with Gasteiger partial charge in [0.15, 0.2) is 5.57 Å². The first kappa shape index (κ1) is 17.6. The van der Waals surface area contributed by atoms with E-state index in [1.165, 1.54) is 0 Å². The largest absolute Gasteiger partial charge is 0.469 e. The highest BCUT2D eigenvalue weighted by Gasteiger charge is 2.48. The molecule has 0 aliphatic carbocycles. The highest BCUT2D eigenvalue weighted by Crippen LogP contribution is 2.37. The van der Waals surface area contributed by atoms with Gasteiger partial charge in [-0.15, -0.1) is 0 Å². The highest BCUT2D eigenvalue weighted by atomic mass is 16.7. The third-order valence-electron chi connectivity index (χ3n) is 3.05. The Kier molecular flexibility index (Phi) is 5.63. The summed E-state index contributed by atoms with van der Waals surface area (Å²) in [6, 6.07) is 0. The summed E-state index contributed by atoms with van der Waals surface area (Å²) in [5, 5.41) is 10.4. The minimum atomic E-state index is -2.27. The SMILES string of the molecule is COC(=O)CC[C@]1(O)OC(=O)CC1=C(C(=O)OC)C(=O)OC. The first-order valence-corrected chi connectivity index (χ1v) is 6.20. The van der Waals surface area contributed by atoms with Gasteiger partial charge in [0.2, 0.25) is 5.79 Å². The fourth-order valence-corrected chi connectivity index (χ4v) is 1.96. The summed E-state index contributed by atoms with van der Waals surface area (Å²) < 4.78 is 18.1.